The smallest absolute Gasteiger partial charge is 0.340 e. The Hall–Kier alpha value is -2.42. The first-order valence-electron chi connectivity index (χ1n) is 8.05. The standard InChI is InChI=1S/C18H19ClN2O5S/c1-3-21(13-7-5-4-6-8-13)17(22)12(2)26-18(23)15-11-14(27(20,24)25)9-10-16(15)19/h4-12H,3H2,1-2H3,(H2,20,24,25)/t12-/m0/s1. The van der Waals surface area contributed by atoms with Gasteiger partial charge in [0, 0.05) is 12.2 Å². The lowest BCUT2D eigenvalue weighted by atomic mass is 10.2. The zero-order valence-electron chi connectivity index (χ0n) is 14.8. The predicted octanol–water partition coefficient (Wildman–Crippen LogP) is 2.59. The highest BCUT2D eigenvalue weighted by atomic mass is 35.5. The van der Waals surface area contributed by atoms with Crippen molar-refractivity contribution in [2.24, 2.45) is 5.14 Å². The summed E-state index contributed by atoms with van der Waals surface area (Å²) in [7, 11) is -4.02. The number of likely N-dealkylation sites (N-methyl/N-ethyl adjacent to an activating group) is 1. The Bertz CT molecular complexity index is 947. The first kappa shape index (κ1) is 20.9. The fourth-order valence-electron chi connectivity index (χ4n) is 2.41. The molecule has 0 aliphatic rings. The summed E-state index contributed by atoms with van der Waals surface area (Å²) in [5.74, 6) is -1.34. The number of nitrogens with zero attached hydrogens (tertiary/aromatic N) is 1. The summed E-state index contributed by atoms with van der Waals surface area (Å²) >= 11 is 5.96. The van der Waals surface area contributed by atoms with E-state index >= 15 is 0 Å². The fraction of sp³-hybridized carbons (Fsp3) is 0.222. The maximum Gasteiger partial charge on any atom is 0.340 e. The molecular weight excluding hydrogens is 392 g/mol. The summed E-state index contributed by atoms with van der Waals surface area (Å²) in [6.45, 7) is 3.61. The monoisotopic (exact) mass is 410 g/mol. The van der Waals surface area contributed by atoms with Crippen molar-refractivity contribution in [2.45, 2.75) is 24.8 Å². The molecule has 0 radical (unpaired) electrons. The molecule has 0 saturated heterocycles. The van der Waals surface area contributed by atoms with E-state index in [4.69, 9.17) is 21.5 Å². The third-order valence-corrected chi connectivity index (χ3v) is 5.01. The normalized spacial score (nSPS) is 12.3. The van der Waals surface area contributed by atoms with Gasteiger partial charge in [-0.25, -0.2) is 18.4 Å². The van der Waals surface area contributed by atoms with Crippen molar-refractivity contribution >= 4 is 39.2 Å². The van der Waals surface area contributed by atoms with Gasteiger partial charge in [-0.15, -0.1) is 0 Å². The van der Waals surface area contributed by atoms with Crippen molar-refractivity contribution in [3.8, 4) is 0 Å². The van der Waals surface area contributed by atoms with Gasteiger partial charge in [-0.2, -0.15) is 0 Å². The fourth-order valence-corrected chi connectivity index (χ4v) is 3.14. The van der Waals surface area contributed by atoms with Crippen LogP contribution in [-0.2, 0) is 19.6 Å². The van der Waals surface area contributed by atoms with E-state index in [-0.39, 0.29) is 15.5 Å². The lowest BCUT2D eigenvalue weighted by molar-refractivity contribution is -0.126. The molecule has 2 aromatic rings. The number of carbonyl (C=O) groups is 2. The molecule has 27 heavy (non-hydrogen) atoms. The quantitative estimate of drug-likeness (QED) is 0.736. The number of anilines is 1. The number of hydrogen-bond donors (Lipinski definition) is 1. The Balaban J connectivity index is 2.21. The zero-order chi connectivity index (χ0) is 20.2. The number of rotatable bonds is 6. The Labute approximate surface area is 162 Å². The molecule has 0 saturated carbocycles. The maximum atomic E-state index is 12.7. The number of para-hydroxylation sites is 1. The molecule has 2 aromatic carbocycles. The van der Waals surface area contributed by atoms with Crippen LogP contribution < -0.4 is 10.0 Å². The SMILES string of the molecule is CCN(C(=O)[C@H](C)OC(=O)c1cc(S(N)(=O)=O)ccc1Cl)c1ccccc1. The second-order valence-electron chi connectivity index (χ2n) is 5.65. The van der Waals surface area contributed by atoms with Crippen molar-refractivity contribution in [3.63, 3.8) is 0 Å². The van der Waals surface area contributed by atoms with Crippen LogP contribution in [0.15, 0.2) is 53.4 Å². The number of amides is 1. The number of primary sulfonamides is 1. The molecule has 7 nitrogen and oxygen atoms in total. The van der Waals surface area contributed by atoms with Crippen LogP contribution in [0.5, 0.6) is 0 Å². The molecule has 0 aromatic heterocycles. The number of hydrogen-bond acceptors (Lipinski definition) is 5. The molecule has 0 aliphatic heterocycles. The van der Waals surface area contributed by atoms with Gasteiger partial charge in [-0.1, -0.05) is 29.8 Å². The van der Waals surface area contributed by atoms with Gasteiger partial charge in [0.25, 0.3) is 5.91 Å². The molecule has 2 rings (SSSR count). The molecule has 0 fully saturated rings. The molecule has 0 aliphatic carbocycles. The van der Waals surface area contributed by atoms with Crippen molar-refractivity contribution < 1.29 is 22.7 Å². The van der Waals surface area contributed by atoms with Crippen LogP contribution in [-0.4, -0.2) is 32.9 Å². The van der Waals surface area contributed by atoms with Crippen molar-refractivity contribution in [3.05, 3.63) is 59.1 Å². The van der Waals surface area contributed by atoms with Crippen LogP contribution in [0.25, 0.3) is 0 Å². The second-order valence-corrected chi connectivity index (χ2v) is 7.62. The molecule has 0 unspecified atom stereocenters. The van der Waals surface area contributed by atoms with Crippen LogP contribution in [0.4, 0.5) is 5.69 Å². The lowest BCUT2D eigenvalue weighted by Crippen LogP contribution is -2.40. The Kier molecular flexibility index (Phi) is 6.59. The summed E-state index contributed by atoms with van der Waals surface area (Å²) in [6.07, 6.45) is -1.10. The number of sulfonamides is 1. The van der Waals surface area contributed by atoms with Gasteiger partial charge in [-0.3, -0.25) is 4.79 Å². The molecule has 0 heterocycles. The summed E-state index contributed by atoms with van der Waals surface area (Å²) in [6, 6.07) is 12.4. The molecule has 2 N–H and O–H groups in total. The average molecular weight is 411 g/mol. The number of nitrogens with two attached hydrogens (primary N) is 1. The zero-order valence-corrected chi connectivity index (χ0v) is 16.3. The van der Waals surface area contributed by atoms with Crippen molar-refractivity contribution in [1.29, 1.82) is 0 Å². The highest BCUT2D eigenvalue weighted by Crippen LogP contribution is 2.22. The topological polar surface area (TPSA) is 107 Å². The number of benzene rings is 2. The first-order chi connectivity index (χ1) is 12.6. The predicted molar refractivity (Wildman–Crippen MR) is 102 cm³/mol. The van der Waals surface area contributed by atoms with E-state index < -0.39 is 28.0 Å². The van der Waals surface area contributed by atoms with Crippen LogP contribution in [0.3, 0.4) is 0 Å². The number of halogens is 1. The second kappa shape index (κ2) is 8.51. The molecular formula is C18H19ClN2O5S. The molecule has 0 spiro atoms. The summed E-state index contributed by atoms with van der Waals surface area (Å²) in [5.41, 5.74) is 0.479. The Morgan fingerprint density at radius 1 is 1.19 bits per heavy atom. The summed E-state index contributed by atoms with van der Waals surface area (Å²) in [4.78, 5) is 26.2. The molecule has 144 valence electrons. The minimum Gasteiger partial charge on any atom is -0.449 e. The van der Waals surface area contributed by atoms with Crippen LogP contribution in [0.1, 0.15) is 24.2 Å². The van der Waals surface area contributed by atoms with E-state index in [1.54, 1.807) is 31.2 Å². The largest absolute Gasteiger partial charge is 0.449 e. The van der Waals surface area contributed by atoms with Gasteiger partial charge in [0.05, 0.1) is 15.5 Å². The van der Waals surface area contributed by atoms with Crippen LogP contribution in [0.2, 0.25) is 5.02 Å². The number of esters is 1. The molecule has 9 heteroatoms. The summed E-state index contributed by atoms with van der Waals surface area (Å²) in [5, 5.41) is 5.05. The van der Waals surface area contributed by atoms with E-state index in [1.165, 1.54) is 24.0 Å². The van der Waals surface area contributed by atoms with Gasteiger partial charge >= 0.3 is 5.97 Å². The van der Waals surface area contributed by atoms with E-state index in [9.17, 15) is 18.0 Å². The first-order valence-corrected chi connectivity index (χ1v) is 9.97. The molecule has 1 atom stereocenters. The van der Waals surface area contributed by atoms with Gasteiger partial charge in [-0.05, 0) is 44.2 Å². The lowest BCUT2D eigenvalue weighted by Gasteiger charge is -2.24. The number of ether oxygens (including phenoxy) is 1. The maximum absolute atomic E-state index is 12.7. The van der Waals surface area contributed by atoms with E-state index in [1.807, 2.05) is 6.07 Å². The van der Waals surface area contributed by atoms with Crippen molar-refractivity contribution in [2.75, 3.05) is 11.4 Å². The minimum absolute atomic E-state index is 0.0116. The van der Waals surface area contributed by atoms with E-state index in [0.29, 0.717) is 12.2 Å². The Morgan fingerprint density at radius 3 is 2.37 bits per heavy atom. The Morgan fingerprint density at radius 2 is 1.81 bits per heavy atom. The van der Waals surface area contributed by atoms with Crippen LogP contribution in [0, 0.1) is 0 Å². The summed E-state index contributed by atoms with van der Waals surface area (Å²) < 4.78 is 28.1. The van der Waals surface area contributed by atoms with Gasteiger partial charge in [0.1, 0.15) is 0 Å². The minimum atomic E-state index is -4.02. The molecule has 0 bridgehead atoms. The van der Waals surface area contributed by atoms with Gasteiger partial charge in [0.15, 0.2) is 6.10 Å². The number of carbonyl (C=O) groups excluding carboxylic acids is 2. The van der Waals surface area contributed by atoms with Gasteiger partial charge in [0.2, 0.25) is 10.0 Å². The highest BCUT2D eigenvalue weighted by molar-refractivity contribution is 7.89. The third kappa shape index (κ3) is 5.06. The molecule has 1 amide bonds. The van der Waals surface area contributed by atoms with Crippen molar-refractivity contribution in [1.82, 2.24) is 0 Å². The average Bonchev–Trinajstić information content (AvgIpc) is 2.62. The van der Waals surface area contributed by atoms with E-state index in [0.717, 1.165) is 6.07 Å². The van der Waals surface area contributed by atoms with Crippen LogP contribution >= 0.6 is 11.6 Å². The third-order valence-electron chi connectivity index (χ3n) is 3.77. The van der Waals surface area contributed by atoms with Gasteiger partial charge < -0.3 is 9.64 Å². The highest BCUT2D eigenvalue weighted by Gasteiger charge is 2.26. The van der Waals surface area contributed by atoms with E-state index in [2.05, 4.69) is 0 Å².